The first-order chi connectivity index (χ1) is 9.05. The van der Waals surface area contributed by atoms with E-state index in [9.17, 15) is 4.79 Å². The number of hydrogen-bond acceptors (Lipinski definition) is 1. The fourth-order valence-electron chi connectivity index (χ4n) is 3.08. The summed E-state index contributed by atoms with van der Waals surface area (Å²) in [5.74, 6) is 1.90. The summed E-state index contributed by atoms with van der Waals surface area (Å²) in [5.41, 5.74) is 0.403. The van der Waals surface area contributed by atoms with Crippen LogP contribution in [0, 0.1) is 17.3 Å². The van der Waals surface area contributed by atoms with Crippen molar-refractivity contribution in [1.29, 1.82) is 0 Å². The summed E-state index contributed by atoms with van der Waals surface area (Å²) >= 11 is 0. The molecule has 0 saturated heterocycles. The van der Waals surface area contributed by atoms with Crippen LogP contribution >= 0.6 is 0 Å². The lowest BCUT2D eigenvalue weighted by molar-refractivity contribution is -0.130. The summed E-state index contributed by atoms with van der Waals surface area (Å²) in [6, 6.07) is 0. The summed E-state index contributed by atoms with van der Waals surface area (Å²) in [5, 5.41) is 0. The molecule has 2 nitrogen and oxygen atoms in total. The summed E-state index contributed by atoms with van der Waals surface area (Å²) in [4.78, 5) is 13.8. The SMILES string of the molecule is CC/C=C\CCC1CC1(C)CN(CC1CC1)C(C)=O. The van der Waals surface area contributed by atoms with Crippen molar-refractivity contribution in [3.05, 3.63) is 12.2 Å². The third-order valence-electron chi connectivity index (χ3n) is 4.80. The number of nitrogens with zero attached hydrogens (tertiary/aromatic N) is 1. The second-order valence-corrected chi connectivity index (χ2v) is 6.85. The molecule has 0 N–H and O–H groups in total. The molecule has 2 unspecified atom stereocenters. The van der Waals surface area contributed by atoms with Gasteiger partial charge in [0.05, 0.1) is 0 Å². The predicted octanol–water partition coefficient (Wildman–Crippen LogP) is 4.02. The van der Waals surface area contributed by atoms with Gasteiger partial charge in [-0.25, -0.2) is 0 Å². The highest BCUT2D eigenvalue weighted by atomic mass is 16.2. The first kappa shape index (κ1) is 14.6. The summed E-state index contributed by atoms with van der Waals surface area (Å²) in [7, 11) is 0. The van der Waals surface area contributed by atoms with E-state index >= 15 is 0 Å². The largest absolute Gasteiger partial charge is 0.342 e. The molecule has 0 bridgehead atoms. The van der Waals surface area contributed by atoms with Crippen molar-refractivity contribution in [2.24, 2.45) is 17.3 Å². The van der Waals surface area contributed by atoms with Gasteiger partial charge >= 0.3 is 0 Å². The van der Waals surface area contributed by atoms with Gasteiger partial charge < -0.3 is 4.90 Å². The topological polar surface area (TPSA) is 20.3 Å². The van der Waals surface area contributed by atoms with E-state index in [-0.39, 0.29) is 5.91 Å². The average molecular weight is 263 g/mol. The Balaban J connectivity index is 1.74. The van der Waals surface area contributed by atoms with Crippen LogP contribution in [0.5, 0.6) is 0 Å². The first-order valence-corrected chi connectivity index (χ1v) is 7.95. The van der Waals surface area contributed by atoms with Crippen molar-refractivity contribution in [3.8, 4) is 0 Å². The van der Waals surface area contributed by atoms with Crippen molar-refractivity contribution >= 4 is 5.91 Å². The molecule has 0 aromatic heterocycles. The molecule has 0 heterocycles. The fraction of sp³-hybridized carbons (Fsp3) is 0.824. The Morgan fingerprint density at radius 1 is 1.37 bits per heavy atom. The van der Waals surface area contributed by atoms with Crippen LogP contribution in [0.4, 0.5) is 0 Å². The summed E-state index contributed by atoms with van der Waals surface area (Å²) in [6.45, 7) is 8.27. The third kappa shape index (κ3) is 4.36. The molecule has 2 heteroatoms. The van der Waals surface area contributed by atoms with Gasteiger partial charge in [-0.3, -0.25) is 4.79 Å². The Hall–Kier alpha value is -0.790. The van der Waals surface area contributed by atoms with Crippen LogP contribution in [0.15, 0.2) is 12.2 Å². The van der Waals surface area contributed by atoms with Crippen LogP contribution in [0.25, 0.3) is 0 Å². The molecule has 1 amide bonds. The number of allylic oxidation sites excluding steroid dienone is 2. The van der Waals surface area contributed by atoms with E-state index in [4.69, 9.17) is 0 Å². The van der Waals surface area contributed by atoms with Gasteiger partial charge in [0, 0.05) is 20.0 Å². The molecule has 108 valence electrons. The van der Waals surface area contributed by atoms with Crippen molar-refractivity contribution in [2.45, 2.75) is 59.3 Å². The molecular formula is C17H29NO. The Kier molecular flexibility index (Phi) is 4.70. The van der Waals surface area contributed by atoms with Gasteiger partial charge in [-0.15, -0.1) is 0 Å². The molecule has 2 rings (SSSR count). The lowest BCUT2D eigenvalue weighted by Crippen LogP contribution is -2.35. The van der Waals surface area contributed by atoms with Gasteiger partial charge in [-0.1, -0.05) is 26.0 Å². The van der Waals surface area contributed by atoms with E-state index in [1.165, 1.54) is 32.1 Å². The molecular weight excluding hydrogens is 234 g/mol. The van der Waals surface area contributed by atoms with Gasteiger partial charge in [-0.05, 0) is 55.8 Å². The molecule has 0 aliphatic heterocycles. The Morgan fingerprint density at radius 2 is 2.11 bits per heavy atom. The molecule has 0 aromatic carbocycles. The van der Waals surface area contributed by atoms with Crippen LogP contribution in [-0.4, -0.2) is 23.9 Å². The third-order valence-corrected chi connectivity index (χ3v) is 4.80. The zero-order valence-corrected chi connectivity index (χ0v) is 12.8. The Bertz CT molecular complexity index is 345. The minimum Gasteiger partial charge on any atom is -0.342 e. The normalized spacial score (nSPS) is 29.7. The zero-order chi connectivity index (χ0) is 13.9. The number of carbonyl (C=O) groups excluding carboxylic acids is 1. The van der Waals surface area contributed by atoms with Crippen LogP contribution < -0.4 is 0 Å². The molecule has 2 saturated carbocycles. The van der Waals surface area contributed by atoms with Crippen LogP contribution in [0.1, 0.15) is 59.3 Å². The van der Waals surface area contributed by atoms with Crippen LogP contribution in [0.3, 0.4) is 0 Å². The van der Waals surface area contributed by atoms with Crippen molar-refractivity contribution in [2.75, 3.05) is 13.1 Å². The lowest BCUT2D eigenvalue weighted by Gasteiger charge is -2.25. The highest BCUT2D eigenvalue weighted by Crippen LogP contribution is 2.55. The van der Waals surface area contributed by atoms with Gasteiger partial charge in [0.15, 0.2) is 0 Å². The van der Waals surface area contributed by atoms with E-state index in [0.29, 0.717) is 5.41 Å². The van der Waals surface area contributed by atoms with E-state index < -0.39 is 0 Å². The molecule has 2 atom stereocenters. The fourth-order valence-corrected chi connectivity index (χ4v) is 3.08. The van der Waals surface area contributed by atoms with Crippen molar-refractivity contribution in [1.82, 2.24) is 4.90 Å². The highest BCUT2D eigenvalue weighted by Gasteiger charge is 2.50. The molecule has 0 spiro atoms. The number of rotatable bonds is 8. The second-order valence-electron chi connectivity index (χ2n) is 6.85. The quantitative estimate of drug-likeness (QED) is 0.606. The van der Waals surface area contributed by atoms with E-state index in [2.05, 4.69) is 30.9 Å². The molecule has 0 aromatic rings. The maximum atomic E-state index is 11.7. The molecule has 19 heavy (non-hydrogen) atoms. The van der Waals surface area contributed by atoms with E-state index in [0.717, 1.165) is 31.3 Å². The van der Waals surface area contributed by atoms with Gasteiger partial charge in [0.25, 0.3) is 0 Å². The monoisotopic (exact) mass is 263 g/mol. The standard InChI is InChI=1S/C17H29NO/c1-4-5-6-7-8-16-11-17(16,3)13-18(14(2)19)12-15-9-10-15/h5-6,15-16H,4,7-13H2,1-3H3/b6-5-. The number of hydrogen-bond donors (Lipinski definition) is 0. The lowest BCUT2D eigenvalue weighted by atomic mass is 10.0. The number of amides is 1. The van der Waals surface area contributed by atoms with Gasteiger partial charge in [0.1, 0.15) is 0 Å². The second kappa shape index (κ2) is 6.11. The molecule has 2 aliphatic carbocycles. The maximum Gasteiger partial charge on any atom is 0.219 e. The smallest absolute Gasteiger partial charge is 0.219 e. The Morgan fingerprint density at radius 3 is 2.68 bits per heavy atom. The maximum absolute atomic E-state index is 11.7. The Labute approximate surface area is 118 Å². The predicted molar refractivity (Wildman–Crippen MR) is 79.9 cm³/mol. The van der Waals surface area contributed by atoms with Gasteiger partial charge in [-0.2, -0.15) is 0 Å². The van der Waals surface area contributed by atoms with E-state index in [1.54, 1.807) is 6.92 Å². The minimum atomic E-state index is 0.268. The molecule has 0 radical (unpaired) electrons. The zero-order valence-electron chi connectivity index (χ0n) is 12.8. The molecule has 2 fully saturated rings. The highest BCUT2D eigenvalue weighted by molar-refractivity contribution is 5.73. The van der Waals surface area contributed by atoms with E-state index in [1.807, 2.05) is 0 Å². The first-order valence-electron chi connectivity index (χ1n) is 7.95. The van der Waals surface area contributed by atoms with Crippen LogP contribution in [0.2, 0.25) is 0 Å². The van der Waals surface area contributed by atoms with Gasteiger partial charge in [0.2, 0.25) is 5.91 Å². The van der Waals surface area contributed by atoms with Crippen molar-refractivity contribution < 1.29 is 4.79 Å². The summed E-state index contributed by atoms with van der Waals surface area (Å²) < 4.78 is 0. The average Bonchev–Trinajstić information content (AvgIpc) is 3.24. The molecule has 2 aliphatic rings. The summed E-state index contributed by atoms with van der Waals surface area (Å²) in [6.07, 6.45) is 12.2. The number of carbonyl (C=O) groups is 1. The minimum absolute atomic E-state index is 0.268. The van der Waals surface area contributed by atoms with Crippen molar-refractivity contribution in [3.63, 3.8) is 0 Å². The van der Waals surface area contributed by atoms with Crippen LogP contribution in [-0.2, 0) is 4.79 Å².